The molecule has 1 atom stereocenters. The van der Waals surface area contributed by atoms with Gasteiger partial charge in [0.05, 0.1) is 42.7 Å². The average molecular weight is 298 g/mol. The van der Waals surface area contributed by atoms with Crippen molar-refractivity contribution in [3.05, 3.63) is 60.5 Å². The molecule has 0 N–H and O–H groups in total. The van der Waals surface area contributed by atoms with Gasteiger partial charge in [-0.1, -0.05) is 12.1 Å². The van der Waals surface area contributed by atoms with Gasteiger partial charge in [-0.3, -0.25) is 9.88 Å². The highest BCUT2D eigenvalue weighted by Gasteiger charge is 2.31. The van der Waals surface area contributed by atoms with Gasteiger partial charge in [-0.2, -0.15) is 0 Å². The van der Waals surface area contributed by atoms with E-state index in [1.165, 1.54) is 11.4 Å². The highest BCUT2D eigenvalue weighted by atomic mass is 16.5. The Morgan fingerprint density at radius 3 is 3.09 bits per heavy atom. The molecule has 0 radical (unpaired) electrons. The first-order valence-corrected chi connectivity index (χ1v) is 7.62. The molecular formula is C17H22N4O. The van der Waals surface area contributed by atoms with Gasteiger partial charge in [0, 0.05) is 32.8 Å². The normalized spacial score (nSPS) is 18.1. The van der Waals surface area contributed by atoms with Crippen molar-refractivity contribution >= 4 is 0 Å². The Balaban J connectivity index is 1.82. The molecule has 2 aromatic heterocycles. The second-order valence-electron chi connectivity index (χ2n) is 5.57. The summed E-state index contributed by atoms with van der Waals surface area (Å²) in [6.07, 6.45) is 6.50. The lowest BCUT2D eigenvalue weighted by Gasteiger charge is -2.35. The average Bonchev–Trinajstić information content (AvgIpc) is 2.92. The third-order valence-electron chi connectivity index (χ3n) is 4.06. The second kappa shape index (κ2) is 6.85. The summed E-state index contributed by atoms with van der Waals surface area (Å²) in [6, 6.07) is 6.26. The van der Waals surface area contributed by atoms with Crippen LogP contribution in [0.1, 0.15) is 23.1 Å². The van der Waals surface area contributed by atoms with E-state index < -0.39 is 0 Å². The minimum atomic E-state index is 0.207. The minimum Gasteiger partial charge on any atom is -0.375 e. The molecule has 0 fully saturated rings. The Labute approximate surface area is 131 Å². The number of rotatable bonds is 6. The molecule has 5 heteroatoms. The van der Waals surface area contributed by atoms with Crippen LogP contribution in [0.25, 0.3) is 0 Å². The van der Waals surface area contributed by atoms with Gasteiger partial charge >= 0.3 is 0 Å². The van der Waals surface area contributed by atoms with Crippen LogP contribution in [0.15, 0.2) is 43.4 Å². The molecule has 0 saturated carbocycles. The standard InChI is InChI=1S/C17H22N4O/c1-3-10-22-12-16-17-15(19-13-20(17)2)7-9-21(16)11-14-6-4-5-8-18-14/h3-6,8,13,16H,1,7,9-12H2,2H3. The lowest BCUT2D eigenvalue weighted by atomic mass is 10.0. The van der Waals surface area contributed by atoms with Gasteiger partial charge in [0.2, 0.25) is 0 Å². The maximum absolute atomic E-state index is 5.75. The number of nitrogens with zero attached hydrogens (tertiary/aromatic N) is 4. The molecule has 116 valence electrons. The Hall–Kier alpha value is -1.98. The summed E-state index contributed by atoms with van der Waals surface area (Å²) in [7, 11) is 2.05. The smallest absolute Gasteiger partial charge is 0.0949 e. The molecule has 3 rings (SSSR count). The van der Waals surface area contributed by atoms with E-state index in [1.807, 2.05) is 24.7 Å². The molecule has 0 aliphatic carbocycles. The van der Waals surface area contributed by atoms with E-state index in [1.54, 1.807) is 6.08 Å². The van der Waals surface area contributed by atoms with Gasteiger partial charge in [-0.05, 0) is 12.1 Å². The van der Waals surface area contributed by atoms with Crippen molar-refractivity contribution in [1.29, 1.82) is 0 Å². The predicted octanol–water partition coefficient (Wildman–Crippen LogP) is 2.12. The third-order valence-corrected chi connectivity index (χ3v) is 4.06. The van der Waals surface area contributed by atoms with Crippen LogP contribution < -0.4 is 0 Å². The maximum atomic E-state index is 5.75. The second-order valence-corrected chi connectivity index (χ2v) is 5.57. The molecule has 0 aromatic carbocycles. The van der Waals surface area contributed by atoms with Crippen LogP contribution in [0.4, 0.5) is 0 Å². The molecule has 1 unspecified atom stereocenters. The van der Waals surface area contributed by atoms with Crippen LogP contribution in [0.2, 0.25) is 0 Å². The molecule has 1 aliphatic heterocycles. The zero-order chi connectivity index (χ0) is 15.4. The Morgan fingerprint density at radius 2 is 2.32 bits per heavy atom. The number of fused-ring (bicyclic) bond motifs is 1. The maximum Gasteiger partial charge on any atom is 0.0949 e. The molecule has 3 heterocycles. The number of pyridine rings is 1. The summed E-state index contributed by atoms with van der Waals surface area (Å²) in [4.78, 5) is 11.4. The first-order chi connectivity index (χ1) is 10.8. The van der Waals surface area contributed by atoms with Crippen molar-refractivity contribution in [1.82, 2.24) is 19.4 Å². The highest BCUT2D eigenvalue weighted by Crippen LogP contribution is 2.30. The van der Waals surface area contributed by atoms with Gasteiger partial charge < -0.3 is 9.30 Å². The summed E-state index contributed by atoms with van der Waals surface area (Å²) >= 11 is 0. The largest absolute Gasteiger partial charge is 0.375 e. The minimum absolute atomic E-state index is 0.207. The van der Waals surface area contributed by atoms with Gasteiger partial charge in [0.1, 0.15) is 0 Å². The molecule has 22 heavy (non-hydrogen) atoms. The lowest BCUT2D eigenvalue weighted by Crippen LogP contribution is -2.38. The van der Waals surface area contributed by atoms with Crippen molar-refractivity contribution in [3.8, 4) is 0 Å². The van der Waals surface area contributed by atoms with E-state index in [0.29, 0.717) is 13.2 Å². The van der Waals surface area contributed by atoms with E-state index in [9.17, 15) is 0 Å². The molecule has 0 spiro atoms. The van der Waals surface area contributed by atoms with Gasteiger partial charge in [0.25, 0.3) is 0 Å². The Morgan fingerprint density at radius 1 is 1.41 bits per heavy atom. The van der Waals surface area contributed by atoms with Gasteiger partial charge in [-0.25, -0.2) is 4.98 Å². The van der Waals surface area contributed by atoms with Crippen molar-refractivity contribution in [2.45, 2.75) is 19.0 Å². The molecule has 0 amide bonds. The number of aromatic nitrogens is 3. The number of aryl methyl sites for hydroxylation is 1. The molecule has 1 aliphatic rings. The fraction of sp³-hybridized carbons (Fsp3) is 0.412. The van der Waals surface area contributed by atoms with E-state index in [-0.39, 0.29) is 6.04 Å². The summed E-state index contributed by atoms with van der Waals surface area (Å²) in [5, 5.41) is 0. The van der Waals surface area contributed by atoms with Crippen molar-refractivity contribution < 1.29 is 4.74 Å². The quantitative estimate of drug-likeness (QED) is 0.605. The lowest BCUT2D eigenvalue weighted by molar-refractivity contribution is 0.0579. The monoisotopic (exact) mass is 298 g/mol. The summed E-state index contributed by atoms with van der Waals surface area (Å²) in [5.41, 5.74) is 3.53. The first kappa shape index (κ1) is 14.9. The number of ether oxygens (including phenoxy) is 1. The third kappa shape index (κ3) is 3.10. The first-order valence-electron chi connectivity index (χ1n) is 7.62. The molecular weight excluding hydrogens is 276 g/mol. The van der Waals surface area contributed by atoms with Crippen LogP contribution >= 0.6 is 0 Å². The molecule has 5 nitrogen and oxygen atoms in total. The molecule has 0 bridgehead atoms. The Bertz CT molecular complexity index is 623. The zero-order valence-electron chi connectivity index (χ0n) is 13.0. The van der Waals surface area contributed by atoms with Crippen molar-refractivity contribution in [3.63, 3.8) is 0 Å². The fourth-order valence-electron chi connectivity index (χ4n) is 3.02. The van der Waals surface area contributed by atoms with Gasteiger partial charge in [-0.15, -0.1) is 6.58 Å². The highest BCUT2D eigenvalue weighted by molar-refractivity contribution is 5.22. The van der Waals surface area contributed by atoms with E-state index in [0.717, 1.165) is 25.2 Å². The van der Waals surface area contributed by atoms with Crippen LogP contribution in [-0.2, 0) is 24.8 Å². The van der Waals surface area contributed by atoms with Crippen LogP contribution in [0.5, 0.6) is 0 Å². The fourth-order valence-corrected chi connectivity index (χ4v) is 3.02. The van der Waals surface area contributed by atoms with Crippen molar-refractivity contribution in [2.75, 3.05) is 19.8 Å². The van der Waals surface area contributed by atoms with E-state index in [2.05, 4.69) is 39.1 Å². The topological polar surface area (TPSA) is 43.2 Å². The predicted molar refractivity (Wildman–Crippen MR) is 85.3 cm³/mol. The van der Waals surface area contributed by atoms with Crippen molar-refractivity contribution in [2.24, 2.45) is 7.05 Å². The van der Waals surface area contributed by atoms with Crippen LogP contribution in [0.3, 0.4) is 0 Å². The SMILES string of the molecule is C=CCOCC1c2c(ncn2C)CCN1Cc1ccccn1. The van der Waals surface area contributed by atoms with Crippen LogP contribution in [-0.4, -0.2) is 39.2 Å². The summed E-state index contributed by atoms with van der Waals surface area (Å²) in [6.45, 7) is 6.73. The molecule has 0 saturated heterocycles. The number of hydrogen-bond donors (Lipinski definition) is 0. The summed E-state index contributed by atoms with van der Waals surface area (Å²) < 4.78 is 7.86. The van der Waals surface area contributed by atoms with Gasteiger partial charge in [0.15, 0.2) is 0 Å². The van der Waals surface area contributed by atoms with E-state index >= 15 is 0 Å². The Kier molecular flexibility index (Phi) is 4.65. The summed E-state index contributed by atoms with van der Waals surface area (Å²) in [5.74, 6) is 0. The molecule has 2 aromatic rings. The van der Waals surface area contributed by atoms with Crippen LogP contribution in [0, 0.1) is 0 Å². The van der Waals surface area contributed by atoms with E-state index in [4.69, 9.17) is 4.74 Å². The zero-order valence-corrected chi connectivity index (χ0v) is 13.0. The number of hydrogen-bond acceptors (Lipinski definition) is 4. The number of imidazole rings is 1.